The third-order valence-electron chi connectivity index (χ3n) is 2.79. The summed E-state index contributed by atoms with van der Waals surface area (Å²) in [5.74, 6) is -0.475. The molecule has 3 rings (SSSR count). The Morgan fingerprint density at radius 3 is 3.00 bits per heavy atom. The SMILES string of the molecule is O=C1NCCc2[nH]c3c(F)cc(Br)cc3c21. The Labute approximate surface area is 99.2 Å². The van der Waals surface area contributed by atoms with Gasteiger partial charge in [0.15, 0.2) is 0 Å². The number of carbonyl (C=O) groups excluding carboxylic acids is 1. The quantitative estimate of drug-likeness (QED) is 0.766. The van der Waals surface area contributed by atoms with Gasteiger partial charge >= 0.3 is 0 Å². The average molecular weight is 283 g/mol. The van der Waals surface area contributed by atoms with E-state index in [9.17, 15) is 9.18 Å². The molecule has 82 valence electrons. The minimum Gasteiger partial charge on any atom is -0.355 e. The Bertz CT molecular complexity index is 606. The van der Waals surface area contributed by atoms with E-state index in [-0.39, 0.29) is 11.7 Å². The zero-order valence-electron chi connectivity index (χ0n) is 8.23. The number of aromatic amines is 1. The third kappa shape index (κ3) is 1.28. The number of nitrogens with one attached hydrogen (secondary N) is 2. The normalized spacial score (nSPS) is 15.0. The number of hydrogen-bond donors (Lipinski definition) is 2. The second-order valence-electron chi connectivity index (χ2n) is 3.79. The van der Waals surface area contributed by atoms with Crippen molar-refractivity contribution in [1.82, 2.24) is 10.3 Å². The van der Waals surface area contributed by atoms with Gasteiger partial charge in [-0.2, -0.15) is 0 Å². The van der Waals surface area contributed by atoms with Crippen LogP contribution in [-0.4, -0.2) is 17.4 Å². The molecule has 0 spiro atoms. The molecule has 0 aliphatic carbocycles. The van der Waals surface area contributed by atoms with Gasteiger partial charge in [0.1, 0.15) is 5.82 Å². The maximum absolute atomic E-state index is 13.7. The number of hydrogen-bond acceptors (Lipinski definition) is 1. The number of carbonyl (C=O) groups is 1. The van der Waals surface area contributed by atoms with Crippen molar-refractivity contribution >= 4 is 32.7 Å². The molecule has 0 bridgehead atoms. The van der Waals surface area contributed by atoms with Crippen LogP contribution in [0.25, 0.3) is 10.9 Å². The largest absolute Gasteiger partial charge is 0.355 e. The molecule has 5 heteroatoms. The molecule has 0 saturated heterocycles. The van der Waals surface area contributed by atoms with Gasteiger partial charge in [0, 0.05) is 28.5 Å². The summed E-state index contributed by atoms with van der Waals surface area (Å²) in [7, 11) is 0. The molecule has 1 aliphatic rings. The van der Waals surface area contributed by atoms with Gasteiger partial charge in [-0.1, -0.05) is 15.9 Å². The number of amides is 1. The van der Waals surface area contributed by atoms with Gasteiger partial charge in [-0.25, -0.2) is 4.39 Å². The van der Waals surface area contributed by atoms with Crippen LogP contribution < -0.4 is 5.32 Å². The number of rotatable bonds is 0. The number of halogens is 2. The summed E-state index contributed by atoms with van der Waals surface area (Å²) in [5.41, 5.74) is 1.79. The van der Waals surface area contributed by atoms with Crippen molar-refractivity contribution in [3.8, 4) is 0 Å². The summed E-state index contributed by atoms with van der Waals surface area (Å²) in [6.07, 6.45) is 0.715. The predicted octanol–water partition coefficient (Wildman–Crippen LogP) is 2.36. The molecule has 16 heavy (non-hydrogen) atoms. The molecule has 1 aliphatic heterocycles. The molecule has 0 unspecified atom stereocenters. The van der Waals surface area contributed by atoms with Gasteiger partial charge < -0.3 is 10.3 Å². The molecule has 2 heterocycles. The lowest BCUT2D eigenvalue weighted by Gasteiger charge is -2.11. The standard InChI is InChI=1S/C11H8BrFN2O/c12-5-3-6-9-8(1-2-14-11(9)16)15-10(6)7(13)4-5/h3-4,15H,1-2H2,(H,14,16). The van der Waals surface area contributed by atoms with Crippen molar-refractivity contribution in [3.63, 3.8) is 0 Å². The van der Waals surface area contributed by atoms with Gasteiger partial charge in [0.05, 0.1) is 11.1 Å². The zero-order chi connectivity index (χ0) is 11.3. The fourth-order valence-corrected chi connectivity index (χ4v) is 2.54. The lowest BCUT2D eigenvalue weighted by atomic mass is 10.1. The Hall–Kier alpha value is -1.36. The first-order chi connectivity index (χ1) is 7.66. The van der Waals surface area contributed by atoms with Gasteiger partial charge in [0.2, 0.25) is 0 Å². The minimum atomic E-state index is -0.341. The van der Waals surface area contributed by atoms with Crippen molar-refractivity contribution < 1.29 is 9.18 Å². The fourth-order valence-electron chi connectivity index (χ4n) is 2.11. The van der Waals surface area contributed by atoms with Crippen LogP contribution in [0.15, 0.2) is 16.6 Å². The zero-order valence-corrected chi connectivity index (χ0v) is 9.82. The molecule has 1 aromatic carbocycles. The Kier molecular flexibility index (Phi) is 2.04. The van der Waals surface area contributed by atoms with Crippen molar-refractivity contribution in [2.45, 2.75) is 6.42 Å². The highest BCUT2D eigenvalue weighted by atomic mass is 79.9. The highest BCUT2D eigenvalue weighted by molar-refractivity contribution is 9.10. The van der Waals surface area contributed by atoms with Gasteiger partial charge in [-0.15, -0.1) is 0 Å². The van der Waals surface area contributed by atoms with E-state index in [4.69, 9.17) is 0 Å². The summed E-state index contributed by atoms with van der Waals surface area (Å²) < 4.78 is 14.3. The van der Waals surface area contributed by atoms with Gasteiger partial charge in [-0.05, 0) is 12.1 Å². The van der Waals surface area contributed by atoms with E-state index < -0.39 is 0 Å². The van der Waals surface area contributed by atoms with Gasteiger partial charge in [-0.3, -0.25) is 4.79 Å². The van der Waals surface area contributed by atoms with E-state index >= 15 is 0 Å². The van der Waals surface area contributed by atoms with Crippen molar-refractivity contribution in [1.29, 1.82) is 0 Å². The summed E-state index contributed by atoms with van der Waals surface area (Å²) >= 11 is 3.23. The molecule has 0 radical (unpaired) electrons. The van der Waals surface area contributed by atoms with Crippen LogP contribution in [0.2, 0.25) is 0 Å². The molecule has 3 nitrogen and oxygen atoms in total. The first kappa shape index (κ1) is 9.84. The Morgan fingerprint density at radius 1 is 1.38 bits per heavy atom. The molecule has 0 atom stereocenters. The minimum absolute atomic E-state index is 0.134. The van der Waals surface area contributed by atoms with Crippen LogP contribution in [0.4, 0.5) is 4.39 Å². The summed E-state index contributed by atoms with van der Waals surface area (Å²) in [4.78, 5) is 14.7. The molecular formula is C11H8BrFN2O. The Morgan fingerprint density at radius 2 is 2.19 bits per heavy atom. The molecule has 0 fully saturated rings. The second-order valence-corrected chi connectivity index (χ2v) is 4.71. The molecule has 2 N–H and O–H groups in total. The summed E-state index contributed by atoms with van der Waals surface area (Å²) in [6.45, 7) is 0.599. The highest BCUT2D eigenvalue weighted by Gasteiger charge is 2.23. The molecule has 1 amide bonds. The lowest BCUT2D eigenvalue weighted by molar-refractivity contribution is 0.0947. The second kappa shape index (κ2) is 3.31. The maximum atomic E-state index is 13.7. The topological polar surface area (TPSA) is 44.9 Å². The highest BCUT2D eigenvalue weighted by Crippen LogP contribution is 2.29. The van der Waals surface area contributed by atoms with Crippen molar-refractivity contribution in [2.75, 3.05) is 6.54 Å². The van der Waals surface area contributed by atoms with Gasteiger partial charge in [0.25, 0.3) is 5.91 Å². The molecular weight excluding hydrogens is 275 g/mol. The van der Waals surface area contributed by atoms with E-state index in [0.717, 1.165) is 5.69 Å². The van der Waals surface area contributed by atoms with E-state index in [1.165, 1.54) is 6.07 Å². The number of fused-ring (bicyclic) bond motifs is 3. The maximum Gasteiger partial charge on any atom is 0.253 e. The van der Waals surface area contributed by atoms with E-state index in [0.29, 0.717) is 33.9 Å². The number of H-pyrrole nitrogens is 1. The van der Waals surface area contributed by atoms with Crippen molar-refractivity contribution in [3.05, 3.63) is 33.7 Å². The van der Waals surface area contributed by atoms with Crippen LogP contribution >= 0.6 is 15.9 Å². The molecule has 1 aromatic heterocycles. The smallest absolute Gasteiger partial charge is 0.253 e. The van der Waals surface area contributed by atoms with E-state index in [1.807, 2.05) is 0 Å². The lowest BCUT2D eigenvalue weighted by Crippen LogP contribution is -2.31. The predicted molar refractivity (Wildman–Crippen MR) is 62.0 cm³/mol. The van der Waals surface area contributed by atoms with Crippen LogP contribution in [0.1, 0.15) is 16.1 Å². The summed E-state index contributed by atoms with van der Waals surface area (Å²) in [5, 5.41) is 3.40. The van der Waals surface area contributed by atoms with Crippen LogP contribution in [-0.2, 0) is 6.42 Å². The van der Waals surface area contributed by atoms with E-state index in [1.54, 1.807) is 6.07 Å². The monoisotopic (exact) mass is 282 g/mol. The number of benzene rings is 1. The fraction of sp³-hybridized carbons (Fsp3) is 0.182. The first-order valence-corrected chi connectivity index (χ1v) is 5.74. The van der Waals surface area contributed by atoms with Crippen LogP contribution in [0.5, 0.6) is 0 Å². The average Bonchev–Trinajstić information content (AvgIpc) is 2.58. The summed E-state index contributed by atoms with van der Waals surface area (Å²) in [6, 6.07) is 3.15. The molecule has 0 saturated carbocycles. The van der Waals surface area contributed by atoms with E-state index in [2.05, 4.69) is 26.2 Å². The van der Waals surface area contributed by atoms with Crippen molar-refractivity contribution in [2.24, 2.45) is 0 Å². The number of aromatic nitrogens is 1. The third-order valence-corrected chi connectivity index (χ3v) is 3.25. The van der Waals surface area contributed by atoms with Crippen LogP contribution in [0.3, 0.4) is 0 Å². The van der Waals surface area contributed by atoms with Crippen LogP contribution in [0, 0.1) is 5.82 Å². The Balaban J connectivity index is 2.42. The first-order valence-electron chi connectivity index (χ1n) is 4.94. The molecule has 2 aromatic rings.